The van der Waals surface area contributed by atoms with Gasteiger partial charge >= 0.3 is 0 Å². The first-order chi connectivity index (χ1) is 7.79. The van der Waals surface area contributed by atoms with Crippen molar-refractivity contribution >= 4 is 29.8 Å². The van der Waals surface area contributed by atoms with E-state index in [0.717, 1.165) is 21.8 Å². The summed E-state index contributed by atoms with van der Waals surface area (Å²) in [6, 6.07) is 15.4. The molecule has 3 aromatic rings. The highest BCUT2D eigenvalue weighted by Gasteiger charge is 2.06. The molecule has 0 aliphatic heterocycles. The van der Waals surface area contributed by atoms with Crippen molar-refractivity contribution in [1.82, 2.24) is 4.48 Å². The van der Waals surface area contributed by atoms with Crippen LogP contribution >= 0.6 is 0 Å². The molecule has 2 aromatic carbocycles. The fourth-order valence-electron chi connectivity index (χ4n) is 2.19. The van der Waals surface area contributed by atoms with Crippen molar-refractivity contribution in [3.05, 3.63) is 58.8 Å². The van der Waals surface area contributed by atoms with Crippen LogP contribution in [0.4, 0.5) is 0 Å². The van der Waals surface area contributed by atoms with E-state index in [1.807, 2.05) is 56.5 Å². The molecule has 3 heteroatoms. The summed E-state index contributed by atoms with van der Waals surface area (Å²) in [6.45, 7) is 0. The van der Waals surface area contributed by atoms with Gasteiger partial charge in [-0.05, 0) is 24.3 Å². The van der Waals surface area contributed by atoms with Crippen molar-refractivity contribution in [2.24, 2.45) is 0 Å². The van der Waals surface area contributed by atoms with Crippen LogP contribution in [0.2, 0.25) is 0 Å². The van der Waals surface area contributed by atoms with Crippen molar-refractivity contribution < 1.29 is 0 Å². The van der Waals surface area contributed by atoms with Crippen LogP contribution in [0.25, 0.3) is 21.8 Å². The van der Waals surface area contributed by atoms with E-state index in [2.05, 4.69) is 4.48 Å². The van der Waals surface area contributed by atoms with Crippen molar-refractivity contribution in [2.75, 3.05) is 0 Å². The van der Waals surface area contributed by atoms with Crippen molar-refractivity contribution in [3.8, 4) is 0 Å². The van der Waals surface area contributed by atoms with Crippen LogP contribution < -0.4 is 5.43 Å². The molecule has 0 spiro atoms. The quantitative estimate of drug-likeness (QED) is 0.405. The maximum absolute atomic E-state index is 12.2. The summed E-state index contributed by atoms with van der Waals surface area (Å²) in [5.74, 6) is 0. The van der Waals surface area contributed by atoms with Gasteiger partial charge in [-0.15, -0.1) is 0 Å². The maximum Gasteiger partial charge on any atom is 0.223 e. The number of benzene rings is 2. The van der Waals surface area contributed by atoms with Crippen molar-refractivity contribution in [3.63, 3.8) is 0 Å². The van der Waals surface area contributed by atoms with Gasteiger partial charge in [0.25, 0.3) is 0 Å². The van der Waals surface area contributed by atoms with E-state index in [9.17, 15) is 4.79 Å². The Kier molecular flexibility index (Phi) is 1.87. The SMILES string of the molecule is Bn1c2ccccc2c(=O)c2ccccc21. The number of hydrogen-bond acceptors (Lipinski definition) is 1. The van der Waals surface area contributed by atoms with Gasteiger partial charge in [0.2, 0.25) is 7.98 Å². The van der Waals surface area contributed by atoms with E-state index in [1.165, 1.54) is 0 Å². The summed E-state index contributed by atoms with van der Waals surface area (Å²) >= 11 is 0. The van der Waals surface area contributed by atoms with Crippen LogP contribution in [0.5, 0.6) is 0 Å². The molecule has 0 saturated carbocycles. The molecule has 0 radical (unpaired) electrons. The fourth-order valence-corrected chi connectivity index (χ4v) is 2.19. The van der Waals surface area contributed by atoms with Gasteiger partial charge in [-0.1, -0.05) is 24.3 Å². The fraction of sp³-hybridized carbons (Fsp3) is 0. The molecule has 0 atom stereocenters. The number of hydrogen-bond donors (Lipinski definition) is 0. The van der Waals surface area contributed by atoms with Gasteiger partial charge in [-0.2, -0.15) is 0 Å². The third-order valence-electron chi connectivity index (χ3n) is 3.02. The van der Waals surface area contributed by atoms with Gasteiger partial charge in [0.15, 0.2) is 5.43 Å². The van der Waals surface area contributed by atoms with Gasteiger partial charge in [0.1, 0.15) is 0 Å². The molecule has 16 heavy (non-hydrogen) atoms. The van der Waals surface area contributed by atoms with Crippen molar-refractivity contribution in [1.29, 1.82) is 0 Å². The Bertz CT molecular complexity index is 686. The van der Waals surface area contributed by atoms with Crippen molar-refractivity contribution in [2.45, 2.75) is 0 Å². The smallest absolute Gasteiger partial charge is 0.223 e. The number of rotatable bonds is 0. The predicted octanol–water partition coefficient (Wildman–Crippen LogP) is 1.55. The Morgan fingerprint density at radius 3 is 1.75 bits per heavy atom. The van der Waals surface area contributed by atoms with Gasteiger partial charge < -0.3 is 4.48 Å². The number of aromatic nitrogens is 1. The first-order valence-corrected chi connectivity index (χ1v) is 5.25. The Hall–Kier alpha value is -2.03. The summed E-state index contributed by atoms with van der Waals surface area (Å²) in [5, 5.41) is 1.56. The molecule has 1 heterocycles. The Morgan fingerprint density at radius 1 is 0.812 bits per heavy atom. The van der Waals surface area contributed by atoms with Crippen LogP contribution in [0.1, 0.15) is 0 Å². The zero-order valence-electron chi connectivity index (χ0n) is 8.97. The molecule has 0 aliphatic carbocycles. The molecule has 0 unspecified atom stereocenters. The highest BCUT2D eigenvalue weighted by molar-refractivity contribution is 6.16. The number of fused-ring (bicyclic) bond motifs is 2. The lowest BCUT2D eigenvalue weighted by Crippen LogP contribution is -2.09. The Morgan fingerprint density at radius 2 is 1.25 bits per heavy atom. The second kappa shape index (κ2) is 3.24. The van der Waals surface area contributed by atoms with Crippen LogP contribution in [0, 0.1) is 0 Å². The number of para-hydroxylation sites is 2. The molecule has 0 bridgehead atoms. The zero-order chi connectivity index (χ0) is 11.1. The van der Waals surface area contributed by atoms with Gasteiger partial charge in [0.05, 0.1) is 0 Å². The molecule has 2 nitrogen and oxygen atoms in total. The lowest BCUT2D eigenvalue weighted by Gasteiger charge is -2.09. The molecule has 0 saturated heterocycles. The lowest BCUT2D eigenvalue weighted by atomic mass is 10.1. The first-order valence-electron chi connectivity index (χ1n) is 5.25. The lowest BCUT2D eigenvalue weighted by molar-refractivity contribution is 1.35. The topological polar surface area (TPSA) is 22.0 Å². The third-order valence-corrected chi connectivity index (χ3v) is 3.02. The van der Waals surface area contributed by atoms with E-state index in [-0.39, 0.29) is 5.43 Å². The molecule has 1 aromatic heterocycles. The van der Waals surface area contributed by atoms with E-state index in [1.54, 1.807) is 0 Å². The summed E-state index contributed by atoms with van der Waals surface area (Å²) < 4.78 is 2.06. The average Bonchev–Trinajstić information content (AvgIpc) is 2.36. The predicted molar refractivity (Wildman–Crippen MR) is 69.7 cm³/mol. The van der Waals surface area contributed by atoms with Crippen LogP contribution in [-0.4, -0.2) is 12.5 Å². The van der Waals surface area contributed by atoms with E-state index >= 15 is 0 Å². The molecule has 3 rings (SSSR count). The average molecular weight is 207 g/mol. The number of nitrogens with zero attached hydrogens (tertiary/aromatic N) is 1. The summed E-state index contributed by atoms with van der Waals surface area (Å²) in [6.07, 6.45) is 0. The summed E-state index contributed by atoms with van der Waals surface area (Å²) in [7, 11) is 1.99. The molecule has 0 amide bonds. The van der Waals surface area contributed by atoms with E-state index < -0.39 is 0 Å². The molecule has 0 N–H and O–H groups in total. The maximum atomic E-state index is 12.2. The van der Waals surface area contributed by atoms with Crippen LogP contribution in [0.15, 0.2) is 53.3 Å². The molecule has 0 fully saturated rings. The minimum absolute atomic E-state index is 0.115. The monoisotopic (exact) mass is 207 g/mol. The van der Waals surface area contributed by atoms with Gasteiger partial charge in [-0.25, -0.2) is 0 Å². The van der Waals surface area contributed by atoms with E-state index in [0.29, 0.717) is 0 Å². The molecule has 0 aliphatic rings. The van der Waals surface area contributed by atoms with Gasteiger partial charge in [-0.3, -0.25) is 4.79 Å². The highest BCUT2D eigenvalue weighted by Crippen LogP contribution is 2.16. The zero-order valence-corrected chi connectivity index (χ0v) is 8.97. The molecular weight excluding hydrogens is 197 g/mol. The van der Waals surface area contributed by atoms with E-state index in [4.69, 9.17) is 0 Å². The third kappa shape index (κ3) is 1.11. The standard InChI is InChI=1S/C13H10BNO/c14-15-11-7-3-1-5-9(11)13(16)10-6-2-4-8-12(10)15/h1-8H,14H2. The highest BCUT2D eigenvalue weighted by atomic mass is 16.1. The minimum atomic E-state index is 0.115. The normalized spacial score (nSPS) is 11.0. The Labute approximate surface area is 93.6 Å². The molecular formula is C13H10BNO. The van der Waals surface area contributed by atoms with Crippen LogP contribution in [-0.2, 0) is 0 Å². The first kappa shape index (κ1) is 9.22. The van der Waals surface area contributed by atoms with Gasteiger partial charge in [0, 0.05) is 21.8 Å². The second-order valence-electron chi connectivity index (χ2n) is 3.92. The molecule has 76 valence electrons. The summed E-state index contributed by atoms with van der Waals surface area (Å²) in [4.78, 5) is 12.2. The van der Waals surface area contributed by atoms with Crippen LogP contribution in [0.3, 0.4) is 0 Å². The largest absolute Gasteiger partial charge is 0.393 e. The summed E-state index contributed by atoms with van der Waals surface area (Å²) in [5.41, 5.74) is 2.07. The Balaban J connectivity index is 2.73. The number of pyridine rings is 1. The minimum Gasteiger partial charge on any atom is -0.393 e. The second-order valence-corrected chi connectivity index (χ2v) is 3.92.